The number of hydrogen-bond donors (Lipinski definition) is 1. The minimum Gasteiger partial charge on any atom is -0.465 e. The largest absolute Gasteiger partial charge is 0.465 e. The molecule has 17 heavy (non-hydrogen) atoms. The van der Waals surface area contributed by atoms with Gasteiger partial charge in [-0.1, -0.05) is 24.3 Å². The first-order valence-corrected chi connectivity index (χ1v) is 6.11. The lowest BCUT2D eigenvalue weighted by molar-refractivity contribution is -0.152. The fraction of sp³-hybridized carbons (Fsp3) is 0.500. The SMILES string of the molecule is CCOC(=O)C1(CO)CCCc2ccccc21. The van der Waals surface area contributed by atoms with Crippen LogP contribution in [-0.4, -0.2) is 24.3 Å². The predicted octanol–water partition coefficient (Wildman–Crippen LogP) is 1.82. The Hall–Kier alpha value is -1.35. The van der Waals surface area contributed by atoms with Crippen molar-refractivity contribution in [1.29, 1.82) is 0 Å². The van der Waals surface area contributed by atoms with Gasteiger partial charge in [-0.3, -0.25) is 4.79 Å². The number of hydrogen-bond acceptors (Lipinski definition) is 3. The van der Waals surface area contributed by atoms with Crippen LogP contribution in [0.15, 0.2) is 24.3 Å². The van der Waals surface area contributed by atoms with Gasteiger partial charge < -0.3 is 9.84 Å². The Balaban J connectivity index is 2.45. The molecule has 0 spiro atoms. The molecule has 0 bridgehead atoms. The van der Waals surface area contributed by atoms with E-state index in [-0.39, 0.29) is 12.6 Å². The summed E-state index contributed by atoms with van der Waals surface area (Å²) in [5.41, 5.74) is 1.25. The van der Waals surface area contributed by atoms with Gasteiger partial charge in [0.2, 0.25) is 0 Å². The second-order valence-electron chi connectivity index (χ2n) is 4.47. The van der Waals surface area contributed by atoms with Crippen molar-refractivity contribution in [3.63, 3.8) is 0 Å². The highest BCUT2D eigenvalue weighted by atomic mass is 16.5. The van der Waals surface area contributed by atoms with Crippen LogP contribution in [0.2, 0.25) is 0 Å². The average Bonchev–Trinajstić information content (AvgIpc) is 2.38. The molecule has 0 aromatic heterocycles. The number of carbonyl (C=O) groups excluding carboxylic acids is 1. The number of aliphatic hydroxyl groups excluding tert-OH is 1. The number of esters is 1. The molecule has 0 saturated heterocycles. The minimum atomic E-state index is -0.842. The first-order chi connectivity index (χ1) is 8.24. The molecule has 0 radical (unpaired) electrons. The lowest BCUT2D eigenvalue weighted by Crippen LogP contribution is -2.43. The predicted molar refractivity (Wildman–Crippen MR) is 64.8 cm³/mol. The normalized spacial score (nSPS) is 22.9. The maximum absolute atomic E-state index is 12.1. The van der Waals surface area contributed by atoms with Crippen molar-refractivity contribution in [2.24, 2.45) is 0 Å². The van der Waals surface area contributed by atoms with Crippen LogP contribution in [0, 0.1) is 0 Å². The monoisotopic (exact) mass is 234 g/mol. The Morgan fingerprint density at radius 3 is 2.94 bits per heavy atom. The molecule has 0 amide bonds. The molecule has 1 aliphatic rings. The van der Waals surface area contributed by atoms with Gasteiger partial charge in [-0.2, -0.15) is 0 Å². The second kappa shape index (κ2) is 4.88. The number of fused-ring (bicyclic) bond motifs is 1. The summed E-state index contributed by atoms with van der Waals surface area (Å²) < 4.78 is 5.13. The molecule has 1 aliphatic carbocycles. The number of aliphatic hydroxyl groups is 1. The van der Waals surface area contributed by atoms with Crippen molar-refractivity contribution >= 4 is 5.97 Å². The number of carbonyl (C=O) groups is 1. The first kappa shape index (κ1) is 12.1. The highest BCUT2D eigenvalue weighted by Gasteiger charge is 2.44. The van der Waals surface area contributed by atoms with Gasteiger partial charge in [-0.05, 0) is 37.3 Å². The van der Waals surface area contributed by atoms with Gasteiger partial charge in [-0.25, -0.2) is 0 Å². The molecule has 3 nitrogen and oxygen atoms in total. The van der Waals surface area contributed by atoms with E-state index in [4.69, 9.17) is 4.74 Å². The molecule has 1 aromatic rings. The molecular weight excluding hydrogens is 216 g/mol. The van der Waals surface area contributed by atoms with Crippen molar-refractivity contribution < 1.29 is 14.6 Å². The summed E-state index contributed by atoms with van der Waals surface area (Å²) in [5.74, 6) is -0.297. The van der Waals surface area contributed by atoms with E-state index in [1.165, 1.54) is 0 Å². The standard InChI is InChI=1S/C14H18O3/c1-2-17-13(16)14(10-15)9-5-7-11-6-3-4-8-12(11)14/h3-4,6,8,15H,2,5,7,9-10H2,1H3. The molecule has 0 aliphatic heterocycles. The molecule has 3 heteroatoms. The Morgan fingerprint density at radius 2 is 2.24 bits per heavy atom. The van der Waals surface area contributed by atoms with E-state index < -0.39 is 5.41 Å². The summed E-state index contributed by atoms with van der Waals surface area (Å²) in [5, 5.41) is 9.68. The summed E-state index contributed by atoms with van der Waals surface area (Å²) >= 11 is 0. The maximum Gasteiger partial charge on any atom is 0.318 e. The summed E-state index contributed by atoms with van der Waals surface area (Å²) in [7, 11) is 0. The molecule has 1 unspecified atom stereocenters. The van der Waals surface area contributed by atoms with Crippen molar-refractivity contribution in [3.05, 3.63) is 35.4 Å². The van der Waals surface area contributed by atoms with Crippen LogP contribution < -0.4 is 0 Å². The molecule has 0 fully saturated rings. The zero-order valence-corrected chi connectivity index (χ0v) is 10.1. The highest BCUT2D eigenvalue weighted by Crippen LogP contribution is 2.38. The maximum atomic E-state index is 12.1. The Bertz CT molecular complexity index is 414. The second-order valence-corrected chi connectivity index (χ2v) is 4.47. The number of rotatable bonds is 3. The van der Waals surface area contributed by atoms with Crippen LogP contribution in [0.4, 0.5) is 0 Å². The smallest absolute Gasteiger partial charge is 0.318 e. The average molecular weight is 234 g/mol. The molecule has 0 saturated carbocycles. The van der Waals surface area contributed by atoms with Gasteiger partial charge in [0.15, 0.2) is 0 Å². The molecular formula is C14H18O3. The van der Waals surface area contributed by atoms with Crippen molar-refractivity contribution in [1.82, 2.24) is 0 Å². The molecule has 2 rings (SSSR count). The van der Waals surface area contributed by atoms with Crippen LogP contribution >= 0.6 is 0 Å². The van der Waals surface area contributed by atoms with E-state index in [0.717, 1.165) is 24.0 Å². The number of aryl methyl sites for hydroxylation is 1. The van der Waals surface area contributed by atoms with Crippen molar-refractivity contribution in [2.45, 2.75) is 31.6 Å². The van der Waals surface area contributed by atoms with Gasteiger partial charge in [0.05, 0.1) is 13.2 Å². The highest BCUT2D eigenvalue weighted by molar-refractivity contribution is 5.84. The third kappa shape index (κ3) is 1.95. The third-order valence-corrected chi connectivity index (χ3v) is 3.52. The molecule has 0 heterocycles. The molecule has 92 valence electrons. The van der Waals surface area contributed by atoms with Gasteiger partial charge in [0.25, 0.3) is 0 Å². The van der Waals surface area contributed by atoms with Crippen LogP contribution in [0.25, 0.3) is 0 Å². The zero-order chi connectivity index (χ0) is 12.3. The van der Waals surface area contributed by atoms with E-state index in [1.807, 2.05) is 24.3 Å². The lowest BCUT2D eigenvalue weighted by atomic mass is 9.70. The van der Waals surface area contributed by atoms with Crippen molar-refractivity contribution in [2.75, 3.05) is 13.2 Å². The minimum absolute atomic E-state index is 0.178. The summed E-state index contributed by atoms with van der Waals surface area (Å²) in [6.07, 6.45) is 2.55. The van der Waals surface area contributed by atoms with Gasteiger partial charge >= 0.3 is 5.97 Å². The number of ether oxygens (including phenoxy) is 1. The van der Waals surface area contributed by atoms with E-state index in [9.17, 15) is 9.90 Å². The van der Waals surface area contributed by atoms with Crippen molar-refractivity contribution in [3.8, 4) is 0 Å². The summed E-state index contributed by atoms with van der Waals surface area (Å²) in [6.45, 7) is 1.96. The van der Waals surface area contributed by atoms with E-state index >= 15 is 0 Å². The van der Waals surface area contributed by atoms with Crippen LogP contribution in [-0.2, 0) is 21.4 Å². The van der Waals surface area contributed by atoms with Gasteiger partial charge in [0, 0.05) is 0 Å². The quantitative estimate of drug-likeness (QED) is 0.811. The van der Waals surface area contributed by atoms with Crippen LogP contribution in [0.1, 0.15) is 30.9 Å². The Labute approximate surface area is 101 Å². The molecule has 1 N–H and O–H groups in total. The number of benzene rings is 1. The fourth-order valence-corrected chi connectivity index (χ4v) is 2.63. The van der Waals surface area contributed by atoms with E-state index in [0.29, 0.717) is 13.0 Å². The zero-order valence-electron chi connectivity index (χ0n) is 10.1. The van der Waals surface area contributed by atoms with E-state index in [2.05, 4.69) is 0 Å². The molecule has 1 aromatic carbocycles. The summed E-state index contributed by atoms with van der Waals surface area (Å²) in [6, 6.07) is 7.84. The Morgan fingerprint density at radius 1 is 1.47 bits per heavy atom. The van der Waals surface area contributed by atoms with Gasteiger partial charge in [-0.15, -0.1) is 0 Å². The Kier molecular flexibility index (Phi) is 3.48. The first-order valence-electron chi connectivity index (χ1n) is 6.11. The summed E-state index contributed by atoms with van der Waals surface area (Å²) in [4.78, 5) is 12.1. The lowest BCUT2D eigenvalue weighted by Gasteiger charge is -2.35. The van der Waals surface area contributed by atoms with Crippen LogP contribution in [0.3, 0.4) is 0 Å². The van der Waals surface area contributed by atoms with E-state index in [1.54, 1.807) is 6.92 Å². The van der Waals surface area contributed by atoms with Crippen LogP contribution in [0.5, 0.6) is 0 Å². The molecule has 1 atom stereocenters. The topological polar surface area (TPSA) is 46.5 Å². The van der Waals surface area contributed by atoms with Gasteiger partial charge in [0.1, 0.15) is 5.41 Å². The fourth-order valence-electron chi connectivity index (χ4n) is 2.63. The third-order valence-electron chi connectivity index (χ3n) is 3.52.